The van der Waals surface area contributed by atoms with Crippen LogP contribution in [0.2, 0.25) is 0 Å². The molecule has 0 spiro atoms. The fourth-order valence-corrected chi connectivity index (χ4v) is 3.15. The second-order valence-electron chi connectivity index (χ2n) is 3.76. The third kappa shape index (κ3) is 4.11. The van der Waals surface area contributed by atoms with Crippen LogP contribution < -0.4 is 5.32 Å². The van der Waals surface area contributed by atoms with Gasteiger partial charge < -0.3 is 5.32 Å². The number of hydrogen-bond donors (Lipinski definition) is 1. The maximum Gasteiger partial charge on any atom is 0.0701 e. The molecule has 4 heteroatoms. The number of thiophene rings is 1. The fraction of sp³-hybridized carbons (Fsp3) is 0.231. The predicted molar refractivity (Wildman–Crippen MR) is 78.6 cm³/mol. The monoisotopic (exact) mass is 329 g/mol. The topological polar surface area (TPSA) is 12.0 Å². The van der Waals surface area contributed by atoms with Crippen molar-refractivity contribution < 1.29 is 0 Å². The summed E-state index contributed by atoms with van der Waals surface area (Å²) in [6, 6.07) is 12.6. The first-order chi connectivity index (χ1) is 8.28. The lowest BCUT2D eigenvalue weighted by atomic mass is 10.1. The van der Waals surface area contributed by atoms with Gasteiger partial charge in [-0.05, 0) is 39.2 Å². The summed E-state index contributed by atoms with van der Waals surface area (Å²) < 4.78 is 1.18. The lowest BCUT2D eigenvalue weighted by Crippen LogP contribution is -2.11. The molecule has 0 unspecified atom stereocenters. The number of rotatable bonds is 5. The SMILES string of the molecule is ClCc1ccc(CNCc2ccc(Br)s2)cc1. The Hall–Kier alpha value is -0.350. The Morgan fingerprint density at radius 2 is 1.71 bits per heavy atom. The highest BCUT2D eigenvalue weighted by atomic mass is 79.9. The molecule has 0 bridgehead atoms. The van der Waals surface area contributed by atoms with Crippen LogP contribution >= 0.6 is 38.9 Å². The van der Waals surface area contributed by atoms with Gasteiger partial charge in [-0.25, -0.2) is 0 Å². The van der Waals surface area contributed by atoms with Gasteiger partial charge in [-0.3, -0.25) is 0 Å². The molecule has 1 aromatic carbocycles. The van der Waals surface area contributed by atoms with E-state index < -0.39 is 0 Å². The van der Waals surface area contributed by atoms with Gasteiger partial charge in [0, 0.05) is 23.8 Å². The molecule has 0 amide bonds. The minimum atomic E-state index is 0.580. The van der Waals surface area contributed by atoms with Gasteiger partial charge in [0.1, 0.15) is 0 Å². The van der Waals surface area contributed by atoms with Crippen molar-refractivity contribution >= 4 is 38.9 Å². The molecule has 0 atom stereocenters. The van der Waals surface area contributed by atoms with Crippen LogP contribution in [0.4, 0.5) is 0 Å². The lowest BCUT2D eigenvalue weighted by Gasteiger charge is -2.04. The number of hydrogen-bond acceptors (Lipinski definition) is 2. The molecule has 90 valence electrons. The maximum atomic E-state index is 5.75. The van der Waals surface area contributed by atoms with Gasteiger partial charge in [0.2, 0.25) is 0 Å². The Morgan fingerprint density at radius 1 is 1.00 bits per heavy atom. The van der Waals surface area contributed by atoms with Crippen molar-refractivity contribution in [1.82, 2.24) is 5.32 Å². The standard InChI is InChI=1S/C13H13BrClNS/c14-13-6-5-12(17-13)9-16-8-11-3-1-10(7-15)2-4-11/h1-6,16H,7-9H2. The van der Waals surface area contributed by atoms with Crippen LogP contribution in [0.5, 0.6) is 0 Å². The average molecular weight is 331 g/mol. The largest absolute Gasteiger partial charge is 0.308 e. The Balaban J connectivity index is 1.81. The first-order valence-electron chi connectivity index (χ1n) is 5.36. The van der Waals surface area contributed by atoms with E-state index in [-0.39, 0.29) is 0 Å². The predicted octanol–water partition coefficient (Wildman–Crippen LogP) is 4.54. The van der Waals surface area contributed by atoms with Crippen LogP contribution in [0.15, 0.2) is 40.2 Å². The van der Waals surface area contributed by atoms with E-state index in [1.165, 1.54) is 14.2 Å². The van der Waals surface area contributed by atoms with Gasteiger partial charge >= 0.3 is 0 Å². The van der Waals surface area contributed by atoms with Crippen molar-refractivity contribution in [1.29, 1.82) is 0 Å². The molecule has 1 heterocycles. The molecule has 2 aromatic rings. The number of nitrogens with one attached hydrogen (secondary N) is 1. The van der Waals surface area contributed by atoms with Crippen molar-refractivity contribution in [2.75, 3.05) is 0 Å². The van der Waals surface area contributed by atoms with Crippen molar-refractivity contribution in [2.24, 2.45) is 0 Å². The van der Waals surface area contributed by atoms with Gasteiger partial charge in [0.25, 0.3) is 0 Å². The highest BCUT2D eigenvalue weighted by Crippen LogP contribution is 2.21. The molecule has 1 nitrogen and oxygen atoms in total. The van der Waals surface area contributed by atoms with Gasteiger partial charge in [-0.15, -0.1) is 22.9 Å². The Bertz CT molecular complexity index is 467. The van der Waals surface area contributed by atoms with Crippen molar-refractivity contribution in [3.05, 3.63) is 56.2 Å². The van der Waals surface area contributed by atoms with Crippen LogP contribution in [-0.4, -0.2) is 0 Å². The first-order valence-corrected chi connectivity index (χ1v) is 7.51. The highest BCUT2D eigenvalue weighted by Gasteiger charge is 1.98. The second-order valence-corrected chi connectivity index (χ2v) is 6.57. The first kappa shape index (κ1) is 13.1. The zero-order chi connectivity index (χ0) is 12.1. The summed E-state index contributed by atoms with van der Waals surface area (Å²) in [5, 5.41) is 3.43. The molecule has 0 radical (unpaired) electrons. The summed E-state index contributed by atoms with van der Waals surface area (Å²) in [5.74, 6) is 0.580. The molecule has 17 heavy (non-hydrogen) atoms. The van der Waals surface area contributed by atoms with Crippen LogP contribution in [0.1, 0.15) is 16.0 Å². The van der Waals surface area contributed by atoms with Crippen molar-refractivity contribution in [3.63, 3.8) is 0 Å². The van der Waals surface area contributed by atoms with Crippen LogP contribution in [0.25, 0.3) is 0 Å². The zero-order valence-corrected chi connectivity index (χ0v) is 12.4. The summed E-state index contributed by atoms with van der Waals surface area (Å²) >= 11 is 11.0. The molecule has 0 fully saturated rings. The summed E-state index contributed by atoms with van der Waals surface area (Å²) in [6.45, 7) is 1.80. The highest BCUT2D eigenvalue weighted by molar-refractivity contribution is 9.11. The third-order valence-corrected chi connectivity index (χ3v) is 4.37. The van der Waals surface area contributed by atoms with Crippen LogP contribution in [0.3, 0.4) is 0 Å². The van der Waals surface area contributed by atoms with E-state index in [9.17, 15) is 0 Å². The summed E-state index contributed by atoms with van der Waals surface area (Å²) in [7, 11) is 0. The van der Waals surface area contributed by atoms with Gasteiger partial charge in [0.05, 0.1) is 3.79 Å². The van der Waals surface area contributed by atoms with Gasteiger partial charge in [0.15, 0.2) is 0 Å². The Kier molecular flexibility index (Phi) is 5.04. The summed E-state index contributed by atoms with van der Waals surface area (Å²) in [5.41, 5.74) is 2.45. The summed E-state index contributed by atoms with van der Waals surface area (Å²) in [6.07, 6.45) is 0. The minimum absolute atomic E-state index is 0.580. The van der Waals surface area contributed by atoms with Crippen LogP contribution in [-0.2, 0) is 19.0 Å². The van der Waals surface area contributed by atoms with E-state index in [1.54, 1.807) is 11.3 Å². The van der Waals surface area contributed by atoms with E-state index in [1.807, 2.05) is 0 Å². The summed E-state index contributed by atoms with van der Waals surface area (Å²) in [4.78, 5) is 1.34. The fourth-order valence-electron chi connectivity index (χ4n) is 1.52. The normalized spacial score (nSPS) is 10.7. The second kappa shape index (κ2) is 6.55. The Morgan fingerprint density at radius 3 is 2.29 bits per heavy atom. The molecule has 2 rings (SSSR count). The molecule has 1 N–H and O–H groups in total. The molecule has 0 saturated carbocycles. The number of halogens is 2. The smallest absolute Gasteiger partial charge is 0.0701 e. The maximum absolute atomic E-state index is 5.75. The van der Waals surface area contributed by atoms with Gasteiger partial charge in [-0.2, -0.15) is 0 Å². The zero-order valence-electron chi connectivity index (χ0n) is 9.25. The Labute approximate surface area is 119 Å². The third-order valence-electron chi connectivity index (χ3n) is 2.43. The average Bonchev–Trinajstić information content (AvgIpc) is 2.76. The number of benzene rings is 1. The van der Waals surface area contributed by atoms with Crippen molar-refractivity contribution in [2.45, 2.75) is 19.0 Å². The quantitative estimate of drug-likeness (QED) is 0.794. The van der Waals surface area contributed by atoms with E-state index in [2.05, 4.69) is 57.6 Å². The molecule has 0 aliphatic heterocycles. The van der Waals surface area contributed by atoms with Crippen molar-refractivity contribution in [3.8, 4) is 0 Å². The molecular weight excluding hydrogens is 318 g/mol. The van der Waals surface area contributed by atoms with E-state index in [0.717, 1.165) is 18.7 Å². The van der Waals surface area contributed by atoms with E-state index in [4.69, 9.17) is 11.6 Å². The molecule has 1 aromatic heterocycles. The molecule has 0 saturated heterocycles. The van der Waals surface area contributed by atoms with E-state index >= 15 is 0 Å². The minimum Gasteiger partial charge on any atom is -0.308 e. The lowest BCUT2D eigenvalue weighted by molar-refractivity contribution is 0.701. The van der Waals surface area contributed by atoms with E-state index in [0.29, 0.717) is 5.88 Å². The van der Waals surface area contributed by atoms with Crippen LogP contribution in [0, 0.1) is 0 Å². The molecular formula is C13H13BrClNS. The molecule has 0 aliphatic carbocycles. The molecule has 0 aliphatic rings. The van der Waals surface area contributed by atoms with Gasteiger partial charge in [-0.1, -0.05) is 24.3 Å². The number of alkyl halides is 1.